The normalized spacial score (nSPS) is 16.0. The molecule has 1 heterocycles. The number of nitrogens with zero attached hydrogens (tertiary/aromatic N) is 1. The number of fused-ring (bicyclic) bond motifs is 1. The van der Waals surface area contributed by atoms with Gasteiger partial charge in [0, 0.05) is 6.42 Å². The Morgan fingerprint density at radius 3 is 2.13 bits per heavy atom. The van der Waals surface area contributed by atoms with Crippen LogP contribution in [0.25, 0.3) is 0 Å². The van der Waals surface area contributed by atoms with Gasteiger partial charge in [0.1, 0.15) is 12.5 Å². The maximum absolute atomic E-state index is 13.9. The topological polar surface area (TPSA) is 80.8 Å². The van der Waals surface area contributed by atoms with Crippen LogP contribution in [-0.4, -0.2) is 53.1 Å². The van der Waals surface area contributed by atoms with Crippen molar-refractivity contribution < 1.29 is 28.3 Å². The van der Waals surface area contributed by atoms with Crippen molar-refractivity contribution in [1.29, 1.82) is 0 Å². The van der Waals surface area contributed by atoms with E-state index in [1.807, 2.05) is 0 Å². The third kappa shape index (κ3) is 2.67. The number of esters is 1. The van der Waals surface area contributed by atoms with E-state index in [-0.39, 0.29) is 16.5 Å². The van der Waals surface area contributed by atoms with Crippen molar-refractivity contribution in [3.05, 3.63) is 35.4 Å². The molecule has 1 aliphatic rings. The van der Waals surface area contributed by atoms with E-state index < -0.39 is 42.2 Å². The average Bonchev–Trinajstić information content (AvgIpc) is 2.84. The number of ether oxygens (including phenoxy) is 1. The second kappa shape index (κ2) is 6.57. The number of Topliss-reactive ketones (excluding diaryl/α,β-unsaturated/α-hetero) is 1. The number of alkyl halides is 2. The molecule has 0 saturated heterocycles. The summed E-state index contributed by atoms with van der Waals surface area (Å²) in [4.78, 5) is 49.5. The van der Waals surface area contributed by atoms with Gasteiger partial charge in [-0.25, -0.2) is 9.18 Å². The van der Waals surface area contributed by atoms with Crippen LogP contribution in [0.4, 0.5) is 4.39 Å². The van der Waals surface area contributed by atoms with Crippen LogP contribution in [0.1, 0.15) is 27.1 Å². The Morgan fingerprint density at radius 1 is 1.22 bits per heavy atom. The van der Waals surface area contributed by atoms with Gasteiger partial charge in [-0.05, 0) is 12.1 Å². The summed E-state index contributed by atoms with van der Waals surface area (Å²) in [7, 11) is 1.00. The SMILES string of the molecule is COC(=O)C(CF)(CC(=O)CBr)N1C(=O)c2ccccc2C1=O. The predicted molar refractivity (Wildman–Crippen MR) is 81.1 cm³/mol. The molecule has 8 heteroatoms. The molecule has 0 fully saturated rings. The first-order chi connectivity index (χ1) is 10.9. The Morgan fingerprint density at radius 2 is 1.74 bits per heavy atom. The van der Waals surface area contributed by atoms with Gasteiger partial charge < -0.3 is 4.74 Å². The number of rotatable bonds is 6. The van der Waals surface area contributed by atoms with E-state index in [9.17, 15) is 23.6 Å². The third-order valence-electron chi connectivity index (χ3n) is 3.65. The molecule has 1 aliphatic heterocycles. The summed E-state index contributed by atoms with van der Waals surface area (Å²) >= 11 is 2.92. The summed E-state index contributed by atoms with van der Waals surface area (Å²) in [5.41, 5.74) is -2.18. The summed E-state index contributed by atoms with van der Waals surface area (Å²) in [5, 5.41) is -0.144. The van der Waals surface area contributed by atoms with Crippen molar-refractivity contribution in [3.63, 3.8) is 0 Å². The lowest BCUT2D eigenvalue weighted by atomic mass is 9.92. The molecule has 1 unspecified atom stereocenters. The number of ketones is 1. The molecule has 2 rings (SSSR count). The van der Waals surface area contributed by atoms with Crippen LogP contribution in [0, 0.1) is 0 Å². The fourth-order valence-electron chi connectivity index (χ4n) is 2.55. The molecule has 6 nitrogen and oxygen atoms in total. The fourth-order valence-corrected chi connectivity index (χ4v) is 2.74. The molecule has 0 spiro atoms. The monoisotopic (exact) mass is 385 g/mol. The van der Waals surface area contributed by atoms with Gasteiger partial charge in [-0.1, -0.05) is 28.1 Å². The van der Waals surface area contributed by atoms with E-state index in [0.717, 1.165) is 7.11 Å². The Hall–Kier alpha value is -2.09. The van der Waals surface area contributed by atoms with Gasteiger partial charge in [-0.3, -0.25) is 19.3 Å². The van der Waals surface area contributed by atoms with E-state index >= 15 is 0 Å². The van der Waals surface area contributed by atoms with E-state index in [4.69, 9.17) is 0 Å². The maximum Gasteiger partial charge on any atom is 0.335 e. The minimum atomic E-state index is -2.30. The number of methoxy groups -OCH3 is 1. The minimum Gasteiger partial charge on any atom is -0.467 e. The number of carbonyl (C=O) groups is 4. The maximum atomic E-state index is 13.9. The lowest BCUT2D eigenvalue weighted by Gasteiger charge is -2.34. The van der Waals surface area contributed by atoms with Crippen LogP contribution in [0.15, 0.2) is 24.3 Å². The van der Waals surface area contributed by atoms with Crippen LogP contribution in [0.5, 0.6) is 0 Å². The molecule has 122 valence electrons. The summed E-state index contributed by atoms with van der Waals surface area (Å²) < 4.78 is 18.4. The average molecular weight is 386 g/mol. The highest BCUT2D eigenvalue weighted by molar-refractivity contribution is 9.09. The molecule has 1 atom stereocenters. The minimum absolute atomic E-state index is 0.0607. The third-order valence-corrected chi connectivity index (χ3v) is 4.27. The number of imide groups is 1. The standard InChI is InChI=1S/C15H13BrFNO5/c1-23-14(22)15(8-17,6-9(19)7-16)18-12(20)10-4-2-3-5-11(10)13(18)21/h2-5H,6-8H2,1H3. The van der Waals surface area contributed by atoms with Gasteiger partial charge in [0.05, 0.1) is 23.6 Å². The Labute approximate surface area is 139 Å². The van der Waals surface area contributed by atoms with E-state index in [2.05, 4.69) is 20.7 Å². The quantitative estimate of drug-likeness (QED) is 0.421. The number of halogens is 2. The van der Waals surface area contributed by atoms with E-state index in [1.54, 1.807) is 12.1 Å². The highest BCUT2D eigenvalue weighted by Crippen LogP contribution is 2.33. The first-order valence-corrected chi connectivity index (χ1v) is 7.75. The molecule has 0 aliphatic carbocycles. The molecule has 1 aromatic rings. The highest BCUT2D eigenvalue weighted by Gasteiger charge is 2.55. The van der Waals surface area contributed by atoms with Crippen molar-refractivity contribution >= 4 is 39.5 Å². The summed E-state index contributed by atoms with van der Waals surface area (Å²) in [6.45, 7) is -1.41. The zero-order valence-corrected chi connectivity index (χ0v) is 13.8. The van der Waals surface area contributed by atoms with Crippen molar-refractivity contribution in [3.8, 4) is 0 Å². The number of hydrogen-bond acceptors (Lipinski definition) is 5. The molecule has 2 amide bonds. The zero-order chi connectivity index (χ0) is 17.2. The van der Waals surface area contributed by atoms with Crippen LogP contribution in [-0.2, 0) is 14.3 Å². The van der Waals surface area contributed by atoms with E-state index in [1.165, 1.54) is 12.1 Å². The molecule has 1 aromatic carbocycles. The Bertz CT molecular complexity index is 657. The zero-order valence-electron chi connectivity index (χ0n) is 12.2. The molecule has 0 N–H and O–H groups in total. The summed E-state index contributed by atoms with van der Waals surface area (Å²) in [6, 6.07) is 5.91. The first kappa shape index (κ1) is 17.3. The predicted octanol–water partition coefficient (Wildman–Crippen LogP) is 1.52. The van der Waals surface area contributed by atoms with Gasteiger partial charge in [0.2, 0.25) is 0 Å². The number of hydrogen-bond donors (Lipinski definition) is 0. The van der Waals surface area contributed by atoms with Crippen molar-refractivity contribution in [2.45, 2.75) is 12.0 Å². The summed E-state index contributed by atoms with van der Waals surface area (Å²) in [5.74, 6) is -3.33. The van der Waals surface area contributed by atoms with Gasteiger partial charge in [0.15, 0.2) is 5.54 Å². The smallest absolute Gasteiger partial charge is 0.335 e. The largest absolute Gasteiger partial charge is 0.467 e. The van der Waals surface area contributed by atoms with Gasteiger partial charge in [-0.2, -0.15) is 0 Å². The van der Waals surface area contributed by atoms with Gasteiger partial charge in [-0.15, -0.1) is 0 Å². The highest BCUT2D eigenvalue weighted by atomic mass is 79.9. The number of benzene rings is 1. The number of carbonyl (C=O) groups excluding carboxylic acids is 4. The van der Waals surface area contributed by atoms with Crippen LogP contribution < -0.4 is 0 Å². The van der Waals surface area contributed by atoms with Crippen molar-refractivity contribution in [1.82, 2.24) is 4.90 Å². The number of amides is 2. The summed E-state index contributed by atoms with van der Waals surface area (Å²) in [6.07, 6.45) is -0.660. The molecule has 0 saturated carbocycles. The van der Waals surface area contributed by atoms with Crippen molar-refractivity contribution in [2.75, 3.05) is 19.1 Å². The lowest BCUT2D eigenvalue weighted by Crippen LogP contribution is -2.60. The first-order valence-electron chi connectivity index (χ1n) is 6.63. The van der Waals surface area contributed by atoms with E-state index in [0.29, 0.717) is 4.90 Å². The van der Waals surface area contributed by atoms with Crippen molar-refractivity contribution in [2.24, 2.45) is 0 Å². The Kier molecular flexibility index (Phi) is 4.93. The van der Waals surface area contributed by atoms with Gasteiger partial charge in [0.25, 0.3) is 11.8 Å². The molecule has 0 aromatic heterocycles. The fraction of sp³-hybridized carbons (Fsp3) is 0.333. The van der Waals surface area contributed by atoms with Gasteiger partial charge >= 0.3 is 5.97 Å². The van der Waals surface area contributed by atoms with Crippen LogP contribution in [0.2, 0.25) is 0 Å². The Balaban J connectivity index is 2.57. The second-order valence-corrected chi connectivity index (χ2v) is 5.56. The molecule has 23 heavy (non-hydrogen) atoms. The molecular weight excluding hydrogens is 373 g/mol. The molecule has 0 bridgehead atoms. The van der Waals surface area contributed by atoms with Crippen LogP contribution >= 0.6 is 15.9 Å². The molecular formula is C15H13BrFNO5. The van der Waals surface area contributed by atoms with Crippen LogP contribution in [0.3, 0.4) is 0 Å². The second-order valence-electron chi connectivity index (χ2n) is 5.00. The lowest BCUT2D eigenvalue weighted by molar-refractivity contribution is -0.155. The molecule has 0 radical (unpaired) electrons.